The molecule has 0 saturated carbocycles. The minimum atomic E-state index is -0.512. The lowest BCUT2D eigenvalue weighted by atomic mass is 10.2. The number of hydrogen-bond acceptors (Lipinski definition) is 4. The molecule has 1 atom stereocenters. The molecule has 0 aliphatic rings. The van der Waals surface area contributed by atoms with Crippen molar-refractivity contribution in [3.05, 3.63) is 36.2 Å². The lowest BCUT2D eigenvalue weighted by Crippen LogP contribution is -2.32. The number of carbonyl (C=O) groups excluding carboxylic acids is 1. The summed E-state index contributed by atoms with van der Waals surface area (Å²) in [6, 6.07) is 7.38. The van der Waals surface area contributed by atoms with E-state index < -0.39 is 6.10 Å². The van der Waals surface area contributed by atoms with Crippen LogP contribution in [0.1, 0.15) is 30.3 Å². The van der Waals surface area contributed by atoms with Gasteiger partial charge in [0.15, 0.2) is 0 Å². The van der Waals surface area contributed by atoms with Crippen LogP contribution in [0.15, 0.2) is 30.5 Å². The largest absolute Gasteiger partial charge is 0.391 e. The topological polar surface area (TPSA) is 75.1 Å². The van der Waals surface area contributed by atoms with E-state index in [1.807, 2.05) is 31.2 Å². The van der Waals surface area contributed by atoms with Gasteiger partial charge < -0.3 is 10.4 Å². The van der Waals surface area contributed by atoms with Crippen LogP contribution in [0.5, 0.6) is 0 Å². The highest BCUT2D eigenvalue weighted by molar-refractivity contribution is 5.93. The third kappa shape index (κ3) is 3.48. The van der Waals surface area contributed by atoms with Gasteiger partial charge in [-0.1, -0.05) is 25.5 Å². The van der Waals surface area contributed by atoms with E-state index in [0.29, 0.717) is 11.9 Å². The maximum Gasteiger partial charge on any atom is 0.271 e. The second-order valence-electron chi connectivity index (χ2n) is 4.40. The number of nitrogens with one attached hydrogen (secondary N) is 1. The Labute approximate surface area is 111 Å². The van der Waals surface area contributed by atoms with Crippen molar-refractivity contribution in [1.29, 1.82) is 0 Å². The number of hydrogen-bond donors (Lipinski definition) is 2. The normalized spacial score (nSPS) is 12.3. The van der Waals surface area contributed by atoms with E-state index in [0.717, 1.165) is 11.9 Å². The fourth-order valence-electron chi connectivity index (χ4n) is 1.80. The molecule has 1 aromatic carbocycles. The van der Waals surface area contributed by atoms with Gasteiger partial charge in [0.2, 0.25) is 0 Å². The van der Waals surface area contributed by atoms with Crippen molar-refractivity contribution in [2.75, 3.05) is 6.54 Å². The van der Waals surface area contributed by atoms with Crippen LogP contribution in [0.3, 0.4) is 0 Å². The molecule has 2 N–H and O–H groups in total. The van der Waals surface area contributed by atoms with E-state index in [2.05, 4.69) is 15.3 Å². The summed E-state index contributed by atoms with van der Waals surface area (Å²) in [5.74, 6) is -0.312. The van der Waals surface area contributed by atoms with Crippen LogP contribution in [0.2, 0.25) is 0 Å². The Morgan fingerprint density at radius 3 is 2.84 bits per heavy atom. The van der Waals surface area contributed by atoms with E-state index in [-0.39, 0.29) is 18.1 Å². The van der Waals surface area contributed by atoms with Gasteiger partial charge in [0, 0.05) is 6.54 Å². The van der Waals surface area contributed by atoms with Crippen molar-refractivity contribution >= 4 is 16.9 Å². The van der Waals surface area contributed by atoms with Crippen LogP contribution >= 0.6 is 0 Å². The average molecular weight is 259 g/mol. The summed E-state index contributed by atoms with van der Waals surface area (Å²) in [4.78, 5) is 20.3. The van der Waals surface area contributed by atoms with Crippen molar-refractivity contribution in [2.45, 2.75) is 25.9 Å². The number of nitrogens with zero attached hydrogens (tertiary/aromatic N) is 2. The molecule has 0 fully saturated rings. The number of aliphatic hydroxyl groups is 1. The van der Waals surface area contributed by atoms with Crippen LogP contribution in [0.25, 0.3) is 11.0 Å². The Bertz CT molecular complexity index is 571. The van der Waals surface area contributed by atoms with E-state index >= 15 is 0 Å². The predicted octanol–water partition coefficient (Wildman–Crippen LogP) is 1.52. The molecule has 1 aromatic heterocycles. The van der Waals surface area contributed by atoms with Crippen LogP contribution in [0.4, 0.5) is 0 Å². The maximum atomic E-state index is 11.9. The first-order chi connectivity index (χ1) is 9.20. The summed E-state index contributed by atoms with van der Waals surface area (Å²) in [6.45, 7) is 2.22. The summed E-state index contributed by atoms with van der Waals surface area (Å²) >= 11 is 0. The molecule has 5 nitrogen and oxygen atoms in total. The van der Waals surface area contributed by atoms with Crippen LogP contribution in [-0.4, -0.2) is 33.6 Å². The Morgan fingerprint density at radius 2 is 2.11 bits per heavy atom. The molecular formula is C14H17N3O2. The predicted molar refractivity (Wildman–Crippen MR) is 72.8 cm³/mol. The molecule has 19 heavy (non-hydrogen) atoms. The lowest BCUT2D eigenvalue weighted by molar-refractivity contribution is 0.0905. The molecular weight excluding hydrogens is 242 g/mol. The highest BCUT2D eigenvalue weighted by Gasteiger charge is 2.10. The summed E-state index contributed by atoms with van der Waals surface area (Å²) in [6.07, 6.45) is 2.49. The molecule has 1 amide bonds. The van der Waals surface area contributed by atoms with Crippen molar-refractivity contribution in [1.82, 2.24) is 15.3 Å². The fraction of sp³-hybridized carbons (Fsp3) is 0.357. The van der Waals surface area contributed by atoms with Crippen molar-refractivity contribution in [3.63, 3.8) is 0 Å². The number of amides is 1. The van der Waals surface area contributed by atoms with E-state index in [4.69, 9.17) is 0 Å². The van der Waals surface area contributed by atoms with Crippen molar-refractivity contribution in [3.8, 4) is 0 Å². The van der Waals surface area contributed by atoms with Gasteiger partial charge in [-0.15, -0.1) is 0 Å². The molecule has 0 bridgehead atoms. The highest BCUT2D eigenvalue weighted by Crippen LogP contribution is 2.08. The SMILES string of the molecule is CCCC(O)CNC(=O)c1cnc2ccccc2n1. The smallest absolute Gasteiger partial charge is 0.271 e. The molecule has 2 aromatic rings. The third-order valence-corrected chi connectivity index (χ3v) is 2.80. The van der Waals surface area contributed by atoms with Crippen molar-refractivity contribution in [2.24, 2.45) is 0 Å². The molecule has 0 aliphatic carbocycles. The first-order valence-electron chi connectivity index (χ1n) is 6.38. The second kappa shape index (κ2) is 6.24. The molecule has 0 saturated heterocycles. The number of rotatable bonds is 5. The first-order valence-corrected chi connectivity index (χ1v) is 6.38. The number of aliphatic hydroxyl groups excluding tert-OH is 1. The zero-order chi connectivity index (χ0) is 13.7. The summed E-state index contributed by atoms with van der Waals surface area (Å²) in [5, 5.41) is 12.2. The van der Waals surface area contributed by atoms with E-state index in [1.54, 1.807) is 0 Å². The molecule has 1 unspecified atom stereocenters. The zero-order valence-corrected chi connectivity index (χ0v) is 10.8. The zero-order valence-electron chi connectivity index (χ0n) is 10.8. The second-order valence-corrected chi connectivity index (χ2v) is 4.40. The molecule has 0 aliphatic heterocycles. The molecule has 0 spiro atoms. The molecule has 5 heteroatoms. The Kier molecular flexibility index (Phi) is 4.41. The summed E-state index contributed by atoms with van der Waals surface area (Å²) in [7, 11) is 0. The van der Waals surface area contributed by atoms with Gasteiger partial charge in [-0.25, -0.2) is 4.98 Å². The lowest BCUT2D eigenvalue weighted by Gasteiger charge is -2.10. The van der Waals surface area contributed by atoms with Gasteiger partial charge >= 0.3 is 0 Å². The number of aromatic nitrogens is 2. The summed E-state index contributed by atoms with van der Waals surface area (Å²) in [5.41, 5.74) is 1.71. The maximum absolute atomic E-state index is 11.9. The average Bonchev–Trinajstić information content (AvgIpc) is 2.44. The monoisotopic (exact) mass is 259 g/mol. The number of benzene rings is 1. The van der Waals surface area contributed by atoms with Gasteiger partial charge in [-0.05, 0) is 18.6 Å². The quantitative estimate of drug-likeness (QED) is 0.853. The minimum Gasteiger partial charge on any atom is -0.391 e. The third-order valence-electron chi connectivity index (χ3n) is 2.80. The van der Waals surface area contributed by atoms with Gasteiger partial charge in [0.25, 0.3) is 5.91 Å². The fourth-order valence-corrected chi connectivity index (χ4v) is 1.80. The number of para-hydroxylation sites is 2. The highest BCUT2D eigenvalue weighted by atomic mass is 16.3. The Balaban J connectivity index is 2.05. The molecule has 100 valence electrons. The van der Waals surface area contributed by atoms with Crippen LogP contribution in [-0.2, 0) is 0 Å². The van der Waals surface area contributed by atoms with E-state index in [1.165, 1.54) is 6.20 Å². The Hall–Kier alpha value is -2.01. The van der Waals surface area contributed by atoms with Gasteiger partial charge in [-0.3, -0.25) is 9.78 Å². The first kappa shape index (κ1) is 13.4. The summed E-state index contributed by atoms with van der Waals surface area (Å²) < 4.78 is 0. The van der Waals surface area contributed by atoms with Gasteiger partial charge in [-0.2, -0.15) is 0 Å². The standard InChI is InChI=1S/C14H17N3O2/c1-2-5-10(18)8-16-14(19)13-9-15-11-6-3-4-7-12(11)17-13/h3-4,6-7,9-10,18H,2,5,8H2,1H3,(H,16,19). The van der Waals surface area contributed by atoms with Crippen molar-refractivity contribution < 1.29 is 9.90 Å². The van der Waals surface area contributed by atoms with E-state index in [9.17, 15) is 9.90 Å². The van der Waals surface area contributed by atoms with Crippen LogP contribution < -0.4 is 5.32 Å². The van der Waals surface area contributed by atoms with Crippen LogP contribution in [0, 0.1) is 0 Å². The number of fused-ring (bicyclic) bond motifs is 1. The minimum absolute atomic E-state index is 0.237. The number of carbonyl (C=O) groups is 1. The Morgan fingerprint density at radius 1 is 1.37 bits per heavy atom. The molecule has 1 heterocycles. The molecule has 0 radical (unpaired) electrons. The van der Waals surface area contributed by atoms with Gasteiger partial charge in [0.05, 0.1) is 23.3 Å². The molecule has 2 rings (SSSR count). The van der Waals surface area contributed by atoms with Gasteiger partial charge in [0.1, 0.15) is 5.69 Å².